The van der Waals surface area contributed by atoms with Gasteiger partial charge in [0.05, 0.1) is 12.5 Å². The molecule has 0 aliphatic rings. The number of carboxylic acids is 1. The fraction of sp³-hybridized carbons (Fsp3) is 0.438. The first-order chi connectivity index (χ1) is 10.9. The summed E-state index contributed by atoms with van der Waals surface area (Å²) in [5, 5.41) is 14.6. The highest BCUT2D eigenvalue weighted by Crippen LogP contribution is 2.19. The first kappa shape index (κ1) is 19.0. The third-order valence-electron chi connectivity index (χ3n) is 3.18. The van der Waals surface area contributed by atoms with Crippen LogP contribution >= 0.6 is 11.6 Å². The molecule has 0 bridgehead atoms. The van der Waals surface area contributed by atoms with E-state index >= 15 is 0 Å². The van der Waals surface area contributed by atoms with Crippen molar-refractivity contribution in [1.82, 2.24) is 10.6 Å². The van der Waals surface area contributed by atoms with Gasteiger partial charge in [0.15, 0.2) is 0 Å². The molecule has 126 valence electrons. The van der Waals surface area contributed by atoms with Crippen LogP contribution < -0.4 is 10.6 Å². The van der Waals surface area contributed by atoms with Gasteiger partial charge in [-0.2, -0.15) is 0 Å². The van der Waals surface area contributed by atoms with Crippen molar-refractivity contribution in [2.45, 2.75) is 38.6 Å². The Morgan fingerprint density at radius 3 is 2.39 bits per heavy atom. The molecule has 0 saturated heterocycles. The van der Waals surface area contributed by atoms with Crippen LogP contribution in [0.4, 0.5) is 0 Å². The quantitative estimate of drug-likeness (QED) is 0.601. The van der Waals surface area contributed by atoms with Crippen molar-refractivity contribution < 1.29 is 19.5 Å². The molecule has 0 aliphatic heterocycles. The standard InChI is InChI=1S/C16H21ClN2O4/c1-11(20)19-14(12-5-7-13(17)8-6-12)10-15(21)18-9-3-2-4-16(22)23/h5-8,14H,2-4,9-10H2,1H3,(H,18,21)(H,19,20)(H,22,23). The number of amides is 2. The van der Waals surface area contributed by atoms with Gasteiger partial charge in [0.1, 0.15) is 0 Å². The van der Waals surface area contributed by atoms with E-state index in [1.54, 1.807) is 24.3 Å². The molecule has 1 unspecified atom stereocenters. The number of carbonyl (C=O) groups excluding carboxylic acids is 2. The zero-order valence-electron chi connectivity index (χ0n) is 13.0. The van der Waals surface area contributed by atoms with Gasteiger partial charge in [0.25, 0.3) is 0 Å². The molecule has 7 heteroatoms. The van der Waals surface area contributed by atoms with Crippen LogP contribution in [0.1, 0.15) is 44.2 Å². The number of aliphatic carboxylic acids is 1. The van der Waals surface area contributed by atoms with E-state index in [9.17, 15) is 14.4 Å². The maximum absolute atomic E-state index is 12.0. The highest BCUT2D eigenvalue weighted by Gasteiger charge is 2.16. The highest BCUT2D eigenvalue weighted by molar-refractivity contribution is 6.30. The molecule has 23 heavy (non-hydrogen) atoms. The molecular weight excluding hydrogens is 320 g/mol. The molecule has 6 nitrogen and oxygen atoms in total. The second-order valence-electron chi connectivity index (χ2n) is 5.21. The Labute approximate surface area is 140 Å². The number of hydrogen-bond acceptors (Lipinski definition) is 3. The van der Waals surface area contributed by atoms with Gasteiger partial charge in [-0.05, 0) is 30.5 Å². The van der Waals surface area contributed by atoms with Crippen molar-refractivity contribution >= 4 is 29.4 Å². The van der Waals surface area contributed by atoms with Crippen molar-refractivity contribution in [2.24, 2.45) is 0 Å². The van der Waals surface area contributed by atoms with E-state index in [-0.39, 0.29) is 24.7 Å². The molecule has 0 fully saturated rings. The van der Waals surface area contributed by atoms with Gasteiger partial charge in [-0.1, -0.05) is 23.7 Å². The lowest BCUT2D eigenvalue weighted by Crippen LogP contribution is -2.33. The van der Waals surface area contributed by atoms with E-state index in [0.717, 1.165) is 5.56 Å². The van der Waals surface area contributed by atoms with Crippen LogP contribution in [0, 0.1) is 0 Å². The number of rotatable bonds is 9. The molecule has 1 aromatic rings. The van der Waals surface area contributed by atoms with Crippen LogP contribution in [-0.4, -0.2) is 29.4 Å². The number of benzene rings is 1. The molecule has 2 amide bonds. The SMILES string of the molecule is CC(=O)NC(CC(=O)NCCCCC(=O)O)c1ccc(Cl)cc1. The lowest BCUT2D eigenvalue weighted by molar-refractivity contribution is -0.137. The minimum absolute atomic E-state index is 0.0924. The fourth-order valence-corrected chi connectivity index (χ4v) is 2.21. The Morgan fingerprint density at radius 2 is 1.83 bits per heavy atom. The Balaban J connectivity index is 2.49. The molecule has 1 rings (SSSR count). The Kier molecular flexibility index (Phi) is 8.11. The molecule has 1 aromatic carbocycles. The van der Waals surface area contributed by atoms with E-state index in [1.165, 1.54) is 6.92 Å². The van der Waals surface area contributed by atoms with Crippen LogP contribution in [0.3, 0.4) is 0 Å². The molecule has 0 aliphatic carbocycles. The van der Waals surface area contributed by atoms with Gasteiger partial charge in [-0.25, -0.2) is 0 Å². The largest absolute Gasteiger partial charge is 0.481 e. The van der Waals surface area contributed by atoms with Crippen LogP contribution in [0.25, 0.3) is 0 Å². The van der Waals surface area contributed by atoms with Crippen molar-refractivity contribution in [3.8, 4) is 0 Å². The monoisotopic (exact) mass is 340 g/mol. The zero-order valence-corrected chi connectivity index (χ0v) is 13.7. The summed E-state index contributed by atoms with van der Waals surface area (Å²) < 4.78 is 0. The average Bonchev–Trinajstić information content (AvgIpc) is 2.46. The summed E-state index contributed by atoms with van der Waals surface area (Å²) in [7, 11) is 0. The van der Waals surface area contributed by atoms with Crippen molar-refractivity contribution in [2.75, 3.05) is 6.54 Å². The van der Waals surface area contributed by atoms with Crippen LogP contribution in [-0.2, 0) is 14.4 Å². The topological polar surface area (TPSA) is 95.5 Å². The summed E-state index contributed by atoms with van der Waals surface area (Å²) in [5.41, 5.74) is 0.797. The van der Waals surface area contributed by atoms with E-state index in [2.05, 4.69) is 10.6 Å². The van der Waals surface area contributed by atoms with Crippen LogP contribution in [0.15, 0.2) is 24.3 Å². The van der Waals surface area contributed by atoms with Crippen LogP contribution in [0.5, 0.6) is 0 Å². The number of nitrogens with one attached hydrogen (secondary N) is 2. The van der Waals surface area contributed by atoms with E-state index < -0.39 is 12.0 Å². The number of carbonyl (C=O) groups is 3. The maximum Gasteiger partial charge on any atom is 0.303 e. The predicted molar refractivity (Wildman–Crippen MR) is 87.1 cm³/mol. The summed E-state index contributed by atoms with van der Waals surface area (Å²) in [5.74, 6) is -1.27. The predicted octanol–water partition coefficient (Wildman–Crippen LogP) is 2.28. The van der Waals surface area contributed by atoms with Gasteiger partial charge >= 0.3 is 5.97 Å². The van der Waals surface area contributed by atoms with Crippen molar-refractivity contribution in [3.05, 3.63) is 34.9 Å². The van der Waals surface area contributed by atoms with Crippen molar-refractivity contribution in [1.29, 1.82) is 0 Å². The molecule has 0 heterocycles. The van der Waals surface area contributed by atoms with Gasteiger partial charge in [0, 0.05) is 24.9 Å². The summed E-state index contributed by atoms with van der Waals surface area (Å²) in [4.78, 5) is 33.7. The Bertz CT molecular complexity index is 546. The van der Waals surface area contributed by atoms with Crippen LogP contribution in [0.2, 0.25) is 5.02 Å². The molecule has 1 atom stereocenters. The normalized spacial score (nSPS) is 11.6. The lowest BCUT2D eigenvalue weighted by atomic mass is 10.0. The highest BCUT2D eigenvalue weighted by atomic mass is 35.5. The second-order valence-corrected chi connectivity index (χ2v) is 5.65. The summed E-state index contributed by atoms with van der Waals surface area (Å²) in [6.45, 7) is 1.81. The van der Waals surface area contributed by atoms with Crippen molar-refractivity contribution in [3.63, 3.8) is 0 Å². The van der Waals surface area contributed by atoms with E-state index in [4.69, 9.17) is 16.7 Å². The minimum atomic E-state index is -0.843. The Hall–Kier alpha value is -2.08. The number of hydrogen-bond donors (Lipinski definition) is 3. The minimum Gasteiger partial charge on any atom is -0.481 e. The van der Waals surface area contributed by atoms with Gasteiger partial charge in [-0.3, -0.25) is 14.4 Å². The van der Waals surface area contributed by atoms with Gasteiger partial charge < -0.3 is 15.7 Å². The number of unbranched alkanes of at least 4 members (excludes halogenated alkanes) is 1. The molecule has 0 spiro atoms. The molecule has 0 aromatic heterocycles. The van der Waals surface area contributed by atoms with Gasteiger partial charge in [-0.15, -0.1) is 0 Å². The Morgan fingerprint density at radius 1 is 1.17 bits per heavy atom. The molecule has 0 saturated carbocycles. The molecule has 3 N–H and O–H groups in total. The molecular formula is C16H21ClN2O4. The van der Waals surface area contributed by atoms with Gasteiger partial charge in [0.2, 0.25) is 11.8 Å². The second kappa shape index (κ2) is 9.84. The first-order valence-corrected chi connectivity index (χ1v) is 7.77. The summed E-state index contributed by atoms with van der Waals surface area (Å²) >= 11 is 5.84. The molecule has 0 radical (unpaired) electrons. The lowest BCUT2D eigenvalue weighted by Gasteiger charge is -2.18. The number of halogens is 1. The number of carboxylic acid groups (broad SMARTS) is 1. The summed E-state index contributed by atoms with van der Waals surface area (Å²) in [6.07, 6.45) is 1.32. The van der Waals surface area contributed by atoms with E-state index in [0.29, 0.717) is 24.4 Å². The zero-order chi connectivity index (χ0) is 17.2. The summed E-state index contributed by atoms with van der Waals surface area (Å²) in [6, 6.07) is 6.51. The fourth-order valence-electron chi connectivity index (χ4n) is 2.08. The smallest absolute Gasteiger partial charge is 0.303 e. The third kappa shape index (κ3) is 8.21. The first-order valence-electron chi connectivity index (χ1n) is 7.39. The maximum atomic E-state index is 12.0. The third-order valence-corrected chi connectivity index (χ3v) is 3.43. The average molecular weight is 341 g/mol. The van der Waals surface area contributed by atoms with E-state index in [1.807, 2.05) is 0 Å².